The average molecular weight is 486 g/mol. The maximum absolute atomic E-state index is 13.0. The van der Waals surface area contributed by atoms with E-state index in [-0.39, 0.29) is 4.21 Å². The molecule has 0 fully saturated rings. The first-order valence-corrected chi connectivity index (χ1v) is 12.5. The number of carboxylic acid groups (broad SMARTS) is 1. The molecule has 0 spiro atoms. The van der Waals surface area contributed by atoms with E-state index in [9.17, 15) is 18.3 Å². The third kappa shape index (κ3) is 4.65. The monoisotopic (exact) mass is 485 g/mol. The number of benzene rings is 3. The normalized spacial score (nSPS) is 11.6. The summed E-state index contributed by atoms with van der Waals surface area (Å²) in [5.74, 6) is -0.941. The molecule has 1 aromatic heterocycles. The first kappa shape index (κ1) is 22.3. The predicted molar refractivity (Wildman–Crippen MR) is 130 cm³/mol. The Balaban J connectivity index is 1.49. The van der Waals surface area contributed by atoms with Crippen LogP contribution in [0.5, 0.6) is 0 Å². The number of nitrogens with one attached hydrogen (secondary N) is 1. The summed E-state index contributed by atoms with van der Waals surface area (Å²) in [6.45, 7) is 1.78. The molecular formula is C24H20ClNO4S2. The van der Waals surface area contributed by atoms with Crippen molar-refractivity contribution >= 4 is 54.7 Å². The molecule has 0 bridgehead atoms. The average Bonchev–Trinajstić information content (AvgIpc) is 3.10. The van der Waals surface area contributed by atoms with Crippen LogP contribution in [0, 0.1) is 6.92 Å². The zero-order chi connectivity index (χ0) is 22.9. The van der Waals surface area contributed by atoms with Gasteiger partial charge in [0, 0.05) is 15.4 Å². The number of carbonyl (C=O) groups is 1. The molecule has 0 amide bonds. The van der Waals surface area contributed by atoms with Gasteiger partial charge in [-0.3, -0.25) is 4.72 Å². The van der Waals surface area contributed by atoms with Crippen LogP contribution in [0.1, 0.15) is 27.0 Å². The summed E-state index contributed by atoms with van der Waals surface area (Å²) in [7, 11) is -3.74. The molecule has 4 rings (SSSR count). The maximum Gasteiger partial charge on any atom is 0.335 e. The Morgan fingerprint density at radius 3 is 2.47 bits per heavy atom. The molecule has 8 heteroatoms. The fourth-order valence-corrected chi connectivity index (χ4v) is 6.57. The summed E-state index contributed by atoms with van der Waals surface area (Å²) in [5.41, 5.74) is 3.20. The molecule has 164 valence electrons. The van der Waals surface area contributed by atoms with E-state index in [4.69, 9.17) is 11.6 Å². The summed E-state index contributed by atoms with van der Waals surface area (Å²) < 4.78 is 29.8. The number of rotatable bonds is 7. The van der Waals surface area contributed by atoms with Gasteiger partial charge >= 0.3 is 5.97 Å². The Morgan fingerprint density at radius 2 is 1.75 bits per heavy atom. The van der Waals surface area contributed by atoms with Crippen molar-refractivity contribution < 1.29 is 18.3 Å². The number of sulfonamides is 1. The van der Waals surface area contributed by atoms with Gasteiger partial charge in [-0.25, -0.2) is 13.2 Å². The lowest BCUT2D eigenvalue weighted by Gasteiger charge is -2.09. The van der Waals surface area contributed by atoms with E-state index in [0.29, 0.717) is 34.7 Å². The van der Waals surface area contributed by atoms with Gasteiger partial charge in [-0.1, -0.05) is 41.9 Å². The highest BCUT2D eigenvalue weighted by Crippen LogP contribution is 2.36. The molecule has 4 aromatic rings. The van der Waals surface area contributed by atoms with E-state index >= 15 is 0 Å². The van der Waals surface area contributed by atoms with E-state index in [1.807, 2.05) is 30.3 Å². The summed E-state index contributed by atoms with van der Waals surface area (Å²) in [6, 6.07) is 19.4. The minimum atomic E-state index is -3.74. The third-order valence-electron chi connectivity index (χ3n) is 5.24. The van der Waals surface area contributed by atoms with Crippen LogP contribution in [-0.2, 0) is 22.9 Å². The molecule has 0 aliphatic rings. The van der Waals surface area contributed by atoms with E-state index < -0.39 is 16.0 Å². The van der Waals surface area contributed by atoms with Gasteiger partial charge in [-0.05, 0) is 78.2 Å². The largest absolute Gasteiger partial charge is 0.478 e. The molecule has 0 aliphatic carbocycles. The van der Waals surface area contributed by atoms with Crippen molar-refractivity contribution in [3.8, 4) is 0 Å². The highest BCUT2D eigenvalue weighted by molar-refractivity contribution is 7.94. The van der Waals surface area contributed by atoms with Crippen LogP contribution < -0.4 is 4.72 Å². The molecule has 0 atom stereocenters. The summed E-state index contributed by atoms with van der Waals surface area (Å²) in [4.78, 5) is 11.4. The zero-order valence-corrected chi connectivity index (χ0v) is 19.5. The lowest BCUT2D eigenvalue weighted by atomic mass is 10.00. The highest BCUT2D eigenvalue weighted by atomic mass is 35.5. The Hall–Kier alpha value is -2.87. The smallest absolute Gasteiger partial charge is 0.335 e. The van der Waals surface area contributed by atoms with E-state index in [0.717, 1.165) is 21.2 Å². The first-order chi connectivity index (χ1) is 15.2. The molecular weight excluding hydrogens is 466 g/mol. The second kappa shape index (κ2) is 8.94. The topological polar surface area (TPSA) is 83.5 Å². The van der Waals surface area contributed by atoms with E-state index in [1.165, 1.54) is 11.3 Å². The molecule has 0 aliphatic heterocycles. The number of hydrogen-bond acceptors (Lipinski definition) is 4. The Kier molecular flexibility index (Phi) is 6.24. The van der Waals surface area contributed by atoms with Crippen molar-refractivity contribution in [2.24, 2.45) is 0 Å². The van der Waals surface area contributed by atoms with E-state index in [2.05, 4.69) is 4.72 Å². The molecule has 0 radical (unpaired) electrons. The summed E-state index contributed by atoms with van der Waals surface area (Å²) in [5, 5.41) is 10.7. The molecule has 0 unspecified atom stereocenters. The fraction of sp³-hybridized carbons (Fsp3) is 0.125. The van der Waals surface area contributed by atoms with Crippen LogP contribution in [0.4, 0.5) is 5.69 Å². The number of thiophene rings is 1. The Bertz CT molecular complexity index is 1410. The van der Waals surface area contributed by atoms with Gasteiger partial charge in [0.1, 0.15) is 4.21 Å². The maximum atomic E-state index is 13.0. The molecule has 2 N–H and O–H groups in total. The van der Waals surface area contributed by atoms with Crippen LogP contribution in [0.3, 0.4) is 0 Å². The lowest BCUT2D eigenvalue weighted by molar-refractivity contribution is 0.0695. The summed E-state index contributed by atoms with van der Waals surface area (Å²) in [6.07, 6.45) is 1.23. The van der Waals surface area contributed by atoms with Crippen LogP contribution in [0.2, 0.25) is 5.02 Å². The molecule has 1 heterocycles. The summed E-state index contributed by atoms with van der Waals surface area (Å²) >= 11 is 7.27. The van der Waals surface area contributed by atoms with Gasteiger partial charge in [-0.15, -0.1) is 11.3 Å². The standard InChI is InChI=1S/C24H20ClNO4S2/c1-15-21-14-18(25)10-13-22(21)31-24(15)32(29,30)26-19-11-7-16(8-12-19)6-9-17-4-2-3-5-20(17)23(27)28/h2-5,7-8,10-14,26H,6,9H2,1H3,(H,27,28). The number of halogens is 1. The minimum Gasteiger partial charge on any atom is -0.478 e. The van der Waals surface area contributed by atoms with Crippen LogP contribution in [0.25, 0.3) is 10.1 Å². The van der Waals surface area contributed by atoms with Gasteiger partial charge in [-0.2, -0.15) is 0 Å². The molecule has 32 heavy (non-hydrogen) atoms. The SMILES string of the molecule is Cc1c(S(=O)(=O)Nc2ccc(CCc3ccccc3C(=O)O)cc2)sc2ccc(Cl)cc12. The fourth-order valence-electron chi connectivity index (χ4n) is 3.59. The minimum absolute atomic E-state index is 0.268. The second-order valence-electron chi connectivity index (χ2n) is 7.42. The van der Waals surface area contributed by atoms with Gasteiger partial charge in [0.25, 0.3) is 10.0 Å². The number of aryl methyl sites for hydroxylation is 3. The van der Waals surface area contributed by atoms with Crippen molar-refractivity contribution in [2.45, 2.75) is 24.0 Å². The quantitative estimate of drug-likeness (QED) is 0.329. The van der Waals surface area contributed by atoms with Gasteiger partial charge in [0.15, 0.2) is 0 Å². The Labute approximate surface area is 195 Å². The van der Waals surface area contributed by atoms with Crippen LogP contribution >= 0.6 is 22.9 Å². The number of aromatic carboxylic acids is 1. The predicted octanol–water partition coefficient (Wildman–Crippen LogP) is 6.15. The Morgan fingerprint density at radius 1 is 1.03 bits per heavy atom. The van der Waals surface area contributed by atoms with Crippen LogP contribution in [0.15, 0.2) is 70.9 Å². The van der Waals surface area contributed by atoms with E-state index in [1.54, 1.807) is 43.3 Å². The van der Waals surface area contributed by atoms with Crippen LogP contribution in [-0.4, -0.2) is 19.5 Å². The number of fused-ring (bicyclic) bond motifs is 1. The molecule has 0 saturated carbocycles. The van der Waals surface area contributed by atoms with Crippen molar-refractivity contribution in [2.75, 3.05) is 4.72 Å². The van der Waals surface area contributed by atoms with Crippen molar-refractivity contribution in [3.05, 3.63) is 94.0 Å². The van der Waals surface area contributed by atoms with Gasteiger partial charge < -0.3 is 5.11 Å². The van der Waals surface area contributed by atoms with Gasteiger partial charge in [0.2, 0.25) is 0 Å². The van der Waals surface area contributed by atoms with Gasteiger partial charge in [0.05, 0.1) is 5.56 Å². The zero-order valence-electron chi connectivity index (χ0n) is 17.1. The van der Waals surface area contributed by atoms with Crippen molar-refractivity contribution in [1.82, 2.24) is 0 Å². The molecule has 3 aromatic carbocycles. The second-order valence-corrected chi connectivity index (χ2v) is 10.8. The molecule has 0 saturated heterocycles. The first-order valence-electron chi connectivity index (χ1n) is 9.86. The number of hydrogen-bond donors (Lipinski definition) is 2. The van der Waals surface area contributed by atoms with Crippen molar-refractivity contribution in [3.63, 3.8) is 0 Å². The number of carboxylic acids is 1. The highest BCUT2D eigenvalue weighted by Gasteiger charge is 2.22. The van der Waals surface area contributed by atoms with Crippen molar-refractivity contribution in [1.29, 1.82) is 0 Å². The number of anilines is 1. The lowest BCUT2D eigenvalue weighted by Crippen LogP contribution is -2.12. The third-order valence-corrected chi connectivity index (χ3v) is 8.75. The molecule has 5 nitrogen and oxygen atoms in total.